The summed E-state index contributed by atoms with van der Waals surface area (Å²) < 4.78 is 30.2. The lowest BCUT2D eigenvalue weighted by Crippen LogP contribution is -2.41. The average molecular weight is 362 g/mol. The Bertz CT molecular complexity index is 921. The Labute approximate surface area is 146 Å². The van der Waals surface area contributed by atoms with Gasteiger partial charge in [-0.1, -0.05) is 18.2 Å². The summed E-state index contributed by atoms with van der Waals surface area (Å²) in [5, 5.41) is 4.40. The Morgan fingerprint density at radius 2 is 1.68 bits per heavy atom. The number of benzene rings is 1. The number of rotatable bonds is 4. The molecule has 1 aliphatic carbocycles. The lowest BCUT2D eigenvalue weighted by molar-refractivity contribution is 0.266. The van der Waals surface area contributed by atoms with Crippen LogP contribution in [0.25, 0.3) is 0 Å². The van der Waals surface area contributed by atoms with E-state index < -0.39 is 10.0 Å². The van der Waals surface area contributed by atoms with Crippen molar-refractivity contribution < 1.29 is 8.42 Å². The number of hydrogen-bond donors (Lipinski definition) is 0. The van der Waals surface area contributed by atoms with Gasteiger partial charge in [-0.2, -0.15) is 9.40 Å². The maximum Gasteiger partial charge on any atom is 0.345 e. The van der Waals surface area contributed by atoms with Crippen LogP contribution in [0, 0.1) is 0 Å². The summed E-state index contributed by atoms with van der Waals surface area (Å²) in [6.07, 6.45) is 3.43. The zero-order valence-corrected chi connectivity index (χ0v) is 15.0. The molecular weight excluding hydrogens is 340 g/mol. The van der Waals surface area contributed by atoms with E-state index in [-0.39, 0.29) is 11.7 Å². The lowest BCUT2D eigenvalue weighted by Gasteiger charge is -2.31. The van der Waals surface area contributed by atoms with Crippen LogP contribution in [0.4, 0.5) is 0 Å². The quantitative estimate of drug-likeness (QED) is 0.826. The molecule has 4 rings (SSSR count). The topological polar surface area (TPSA) is 77.2 Å². The minimum absolute atomic E-state index is 0.0269. The van der Waals surface area contributed by atoms with E-state index in [2.05, 4.69) is 5.10 Å². The second-order valence-corrected chi connectivity index (χ2v) is 8.79. The number of aromatic nitrogens is 3. The van der Waals surface area contributed by atoms with Crippen LogP contribution in [0.1, 0.15) is 43.5 Å². The number of hydrogen-bond acceptors (Lipinski definition) is 4. The summed E-state index contributed by atoms with van der Waals surface area (Å²) in [5.41, 5.74) is -0.0914. The Kier molecular flexibility index (Phi) is 4.04. The Morgan fingerprint density at radius 1 is 1.04 bits per heavy atom. The monoisotopic (exact) mass is 362 g/mol. The van der Waals surface area contributed by atoms with Gasteiger partial charge in [-0.3, -0.25) is 4.57 Å². The number of aryl methyl sites for hydroxylation is 1. The molecule has 0 spiro atoms. The summed E-state index contributed by atoms with van der Waals surface area (Å²) in [6.45, 7) is 0.848. The molecule has 0 amide bonds. The van der Waals surface area contributed by atoms with Crippen molar-refractivity contribution in [1.82, 2.24) is 18.7 Å². The van der Waals surface area contributed by atoms with E-state index in [1.165, 1.54) is 8.99 Å². The third kappa shape index (κ3) is 2.93. The first-order valence-corrected chi connectivity index (χ1v) is 10.1. The SMILES string of the molecule is Cn1nc(C2CC2)n(C2CCN(S(=O)(=O)c3ccccc3)CC2)c1=O. The molecule has 2 fully saturated rings. The fraction of sp³-hybridized carbons (Fsp3) is 0.529. The molecule has 1 aromatic heterocycles. The van der Waals surface area contributed by atoms with Crippen LogP contribution >= 0.6 is 0 Å². The van der Waals surface area contributed by atoms with Crippen LogP contribution in [-0.2, 0) is 17.1 Å². The highest BCUT2D eigenvalue weighted by molar-refractivity contribution is 7.89. The molecule has 0 unspecified atom stereocenters. The molecule has 2 heterocycles. The Morgan fingerprint density at radius 3 is 2.28 bits per heavy atom. The van der Waals surface area contributed by atoms with Gasteiger partial charge in [0.1, 0.15) is 5.82 Å². The summed E-state index contributed by atoms with van der Waals surface area (Å²) in [7, 11) is -1.78. The molecule has 8 heteroatoms. The molecule has 2 aliphatic rings. The molecule has 2 aromatic rings. The molecular formula is C17H22N4O3S. The van der Waals surface area contributed by atoms with Crippen molar-refractivity contribution in [2.45, 2.75) is 42.5 Å². The van der Waals surface area contributed by atoms with Gasteiger partial charge in [0.15, 0.2) is 0 Å². The molecule has 7 nitrogen and oxygen atoms in total. The Balaban J connectivity index is 1.54. The standard InChI is InChI=1S/C17H22N4O3S/c1-19-17(22)21(16(18-19)13-7-8-13)14-9-11-20(12-10-14)25(23,24)15-5-3-2-4-6-15/h2-6,13-14H,7-12H2,1H3. The van der Waals surface area contributed by atoms with Gasteiger partial charge in [-0.05, 0) is 37.8 Å². The van der Waals surface area contributed by atoms with Gasteiger partial charge in [0, 0.05) is 32.1 Å². The van der Waals surface area contributed by atoms with E-state index in [1.807, 2.05) is 4.57 Å². The summed E-state index contributed by atoms with van der Waals surface area (Å²) in [6, 6.07) is 8.54. The van der Waals surface area contributed by atoms with E-state index in [9.17, 15) is 13.2 Å². The van der Waals surface area contributed by atoms with E-state index in [1.54, 1.807) is 37.4 Å². The minimum atomic E-state index is -3.46. The molecule has 0 N–H and O–H groups in total. The molecule has 134 valence electrons. The number of piperidine rings is 1. The third-order valence-corrected chi connectivity index (χ3v) is 7.01. The van der Waals surface area contributed by atoms with Gasteiger partial charge >= 0.3 is 5.69 Å². The smallest absolute Gasteiger partial charge is 0.275 e. The van der Waals surface area contributed by atoms with E-state index in [4.69, 9.17) is 0 Å². The highest BCUT2D eigenvalue weighted by atomic mass is 32.2. The van der Waals surface area contributed by atoms with Crippen molar-refractivity contribution >= 4 is 10.0 Å². The average Bonchev–Trinajstić information content (AvgIpc) is 3.43. The van der Waals surface area contributed by atoms with Crippen LogP contribution in [0.2, 0.25) is 0 Å². The predicted molar refractivity (Wildman–Crippen MR) is 92.9 cm³/mol. The van der Waals surface area contributed by atoms with Gasteiger partial charge in [-0.25, -0.2) is 17.9 Å². The van der Waals surface area contributed by atoms with Gasteiger partial charge in [-0.15, -0.1) is 0 Å². The molecule has 0 atom stereocenters. The van der Waals surface area contributed by atoms with Crippen molar-refractivity contribution in [3.05, 3.63) is 46.6 Å². The van der Waals surface area contributed by atoms with Crippen molar-refractivity contribution in [3.8, 4) is 0 Å². The summed E-state index contributed by atoms with van der Waals surface area (Å²) in [4.78, 5) is 12.8. The summed E-state index contributed by atoms with van der Waals surface area (Å²) >= 11 is 0. The zero-order valence-electron chi connectivity index (χ0n) is 14.2. The second-order valence-electron chi connectivity index (χ2n) is 6.86. The van der Waals surface area contributed by atoms with Crippen molar-refractivity contribution in [2.75, 3.05) is 13.1 Å². The molecule has 1 saturated carbocycles. The Hall–Kier alpha value is -1.93. The molecule has 1 saturated heterocycles. The maximum atomic E-state index is 12.7. The van der Waals surface area contributed by atoms with Crippen LogP contribution in [0.15, 0.2) is 40.0 Å². The number of nitrogens with zero attached hydrogens (tertiary/aromatic N) is 4. The molecule has 0 bridgehead atoms. The highest BCUT2D eigenvalue weighted by Gasteiger charge is 2.35. The van der Waals surface area contributed by atoms with Crippen LogP contribution in [-0.4, -0.2) is 40.2 Å². The first-order chi connectivity index (χ1) is 12.0. The fourth-order valence-corrected chi connectivity index (χ4v) is 5.03. The van der Waals surface area contributed by atoms with E-state index >= 15 is 0 Å². The first-order valence-electron chi connectivity index (χ1n) is 8.69. The first kappa shape index (κ1) is 16.5. The molecule has 1 aliphatic heterocycles. The van der Waals surface area contributed by atoms with Gasteiger partial charge < -0.3 is 0 Å². The number of sulfonamides is 1. The summed E-state index contributed by atoms with van der Waals surface area (Å²) in [5.74, 6) is 1.26. The molecule has 1 aromatic carbocycles. The normalized spacial score (nSPS) is 20.0. The zero-order chi connectivity index (χ0) is 17.6. The van der Waals surface area contributed by atoms with E-state index in [0.29, 0.717) is 36.7 Å². The maximum absolute atomic E-state index is 12.7. The second kappa shape index (κ2) is 6.10. The fourth-order valence-electron chi connectivity index (χ4n) is 3.54. The highest BCUT2D eigenvalue weighted by Crippen LogP contribution is 2.40. The van der Waals surface area contributed by atoms with Crippen molar-refractivity contribution in [3.63, 3.8) is 0 Å². The van der Waals surface area contributed by atoms with Crippen molar-refractivity contribution in [2.24, 2.45) is 7.05 Å². The third-order valence-electron chi connectivity index (χ3n) is 5.09. The van der Waals surface area contributed by atoms with Crippen LogP contribution < -0.4 is 5.69 Å². The predicted octanol–water partition coefficient (Wildman–Crippen LogP) is 1.49. The minimum Gasteiger partial charge on any atom is -0.275 e. The largest absolute Gasteiger partial charge is 0.345 e. The van der Waals surface area contributed by atoms with E-state index in [0.717, 1.165) is 18.7 Å². The van der Waals surface area contributed by atoms with Gasteiger partial charge in [0.2, 0.25) is 10.0 Å². The van der Waals surface area contributed by atoms with Crippen molar-refractivity contribution in [1.29, 1.82) is 0 Å². The van der Waals surface area contributed by atoms with Crippen LogP contribution in [0.3, 0.4) is 0 Å². The van der Waals surface area contributed by atoms with Crippen LogP contribution in [0.5, 0.6) is 0 Å². The molecule has 25 heavy (non-hydrogen) atoms. The van der Waals surface area contributed by atoms with Gasteiger partial charge in [0.25, 0.3) is 0 Å². The lowest BCUT2D eigenvalue weighted by atomic mass is 10.1. The molecule has 0 radical (unpaired) electrons. The van der Waals surface area contributed by atoms with Gasteiger partial charge in [0.05, 0.1) is 4.90 Å².